The average molecular weight is 455 g/mol. The van der Waals surface area contributed by atoms with Crippen molar-refractivity contribution < 1.29 is 13.7 Å². The quantitative estimate of drug-likeness (QED) is 0.481. The minimum absolute atomic E-state index is 0.00264. The summed E-state index contributed by atoms with van der Waals surface area (Å²) in [5, 5.41) is 6.78. The molecule has 8 nitrogen and oxygen atoms in total. The number of carbonyl (C=O) groups is 1. The van der Waals surface area contributed by atoms with Gasteiger partial charge in [-0.3, -0.25) is 9.36 Å². The van der Waals surface area contributed by atoms with E-state index < -0.39 is 5.82 Å². The summed E-state index contributed by atoms with van der Waals surface area (Å²) in [6.07, 6.45) is 4.67. The Kier molecular flexibility index (Phi) is 5.75. The fourth-order valence-electron chi connectivity index (χ4n) is 2.83. The maximum Gasteiger partial charge on any atom is 0.271 e. The van der Waals surface area contributed by atoms with Gasteiger partial charge in [0.2, 0.25) is 0 Å². The van der Waals surface area contributed by atoms with Gasteiger partial charge in [-0.05, 0) is 29.8 Å². The molecule has 0 fully saturated rings. The Morgan fingerprint density at radius 3 is 2.75 bits per heavy atom. The van der Waals surface area contributed by atoms with Crippen molar-refractivity contribution in [2.75, 3.05) is 0 Å². The fraction of sp³-hybridized carbons (Fsp3) is 0.227. The van der Waals surface area contributed by atoms with Crippen LogP contribution in [0.1, 0.15) is 42.6 Å². The molecule has 0 aliphatic carbocycles. The topological polar surface area (TPSA) is 98.7 Å². The van der Waals surface area contributed by atoms with E-state index in [1.807, 2.05) is 20.8 Å². The lowest BCUT2D eigenvalue weighted by Gasteiger charge is -2.10. The first-order valence-electron chi connectivity index (χ1n) is 9.78. The molecule has 4 aromatic rings. The predicted molar refractivity (Wildman–Crippen MR) is 116 cm³/mol. The molecule has 164 valence electrons. The molecule has 1 N–H and O–H groups in total. The van der Waals surface area contributed by atoms with Gasteiger partial charge in [-0.15, -0.1) is 0 Å². The highest BCUT2D eigenvalue weighted by molar-refractivity contribution is 6.30. The Bertz CT molecular complexity index is 1280. The minimum Gasteiger partial charge on any atom is -0.347 e. The third-order valence-corrected chi connectivity index (χ3v) is 4.90. The molecular formula is C22H20ClFN6O2. The second-order valence-corrected chi connectivity index (χ2v) is 8.58. The van der Waals surface area contributed by atoms with Crippen molar-refractivity contribution in [1.82, 2.24) is 30.0 Å². The molecule has 0 radical (unpaired) electrons. The van der Waals surface area contributed by atoms with Crippen molar-refractivity contribution in [3.63, 3.8) is 0 Å². The number of benzene rings is 1. The monoisotopic (exact) mass is 454 g/mol. The van der Waals surface area contributed by atoms with Crippen molar-refractivity contribution in [1.29, 1.82) is 0 Å². The van der Waals surface area contributed by atoms with E-state index in [0.29, 0.717) is 28.7 Å². The smallest absolute Gasteiger partial charge is 0.271 e. The summed E-state index contributed by atoms with van der Waals surface area (Å²) in [6, 6.07) is 7.81. The van der Waals surface area contributed by atoms with Crippen LogP contribution >= 0.6 is 11.6 Å². The standard InChI is InChI=1S/C22H20ClFN6O2/c1-22(2,3)21-28-20(32-29-21)14-6-7-25-18(9-14)30-11-17(27-12-30)19(31)26-10-13-4-5-16(24)15(23)8-13/h4-9,11-12H,10H2,1-3H3,(H,26,31). The van der Waals surface area contributed by atoms with Gasteiger partial charge in [-0.1, -0.05) is 43.6 Å². The predicted octanol–water partition coefficient (Wildman–Crippen LogP) is 4.34. The van der Waals surface area contributed by atoms with Crippen molar-refractivity contribution >= 4 is 17.5 Å². The van der Waals surface area contributed by atoms with Gasteiger partial charge in [0.15, 0.2) is 5.82 Å². The van der Waals surface area contributed by atoms with E-state index in [4.69, 9.17) is 16.1 Å². The number of nitrogens with zero attached hydrogens (tertiary/aromatic N) is 5. The fourth-order valence-corrected chi connectivity index (χ4v) is 3.03. The number of halogens is 2. The minimum atomic E-state index is -0.509. The Balaban J connectivity index is 1.48. The second-order valence-electron chi connectivity index (χ2n) is 8.17. The Hall–Kier alpha value is -3.59. The van der Waals surface area contributed by atoms with E-state index in [1.165, 1.54) is 18.5 Å². The zero-order valence-electron chi connectivity index (χ0n) is 17.6. The number of amides is 1. The molecule has 0 unspecified atom stereocenters. The number of nitrogens with one attached hydrogen (secondary N) is 1. The molecule has 0 aliphatic rings. The van der Waals surface area contributed by atoms with Crippen LogP contribution in [0, 0.1) is 5.82 Å². The van der Waals surface area contributed by atoms with E-state index in [9.17, 15) is 9.18 Å². The van der Waals surface area contributed by atoms with Gasteiger partial charge in [0.05, 0.1) is 5.02 Å². The lowest BCUT2D eigenvalue weighted by atomic mass is 9.96. The maximum absolute atomic E-state index is 13.3. The summed E-state index contributed by atoms with van der Waals surface area (Å²) in [4.78, 5) is 25.4. The summed E-state index contributed by atoms with van der Waals surface area (Å²) in [7, 11) is 0. The molecule has 0 bridgehead atoms. The second kappa shape index (κ2) is 8.51. The van der Waals surface area contributed by atoms with E-state index >= 15 is 0 Å². The highest BCUT2D eigenvalue weighted by Crippen LogP contribution is 2.24. The largest absolute Gasteiger partial charge is 0.347 e. The molecule has 0 aliphatic heterocycles. The van der Waals surface area contributed by atoms with Gasteiger partial charge in [-0.2, -0.15) is 4.98 Å². The number of hydrogen-bond donors (Lipinski definition) is 1. The van der Waals surface area contributed by atoms with Crippen molar-refractivity contribution in [3.8, 4) is 17.3 Å². The summed E-state index contributed by atoms with van der Waals surface area (Å²) in [6.45, 7) is 6.19. The molecule has 1 amide bonds. The van der Waals surface area contributed by atoms with Crippen molar-refractivity contribution in [2.24, 2.45) is 0 Å². The van der Waals surface area contributed by atoms with E-state index in [0.717, 1.165) is 0 Å². The zero-order valence-corrected chi connectivity index (χ0v) is 18.4. The number of imidazole rings is 1. The van der Waals surface area contributed by atoms with Crippen LogP contribution in [0.4, 0.5) is 4.39 Å². The van der Waals surface area contributed by atoms with Gasteiger partial charge in [0.1, 0.15) is 23.7 Å². The van der Waals surface area contributed by atoms with Crippen LogP contribution in [0.2, 0.25) is 5.02 Å². The van der Waals surface area contributed by atoms with Crippen LogP contribution in [0.15, 0.2) is 53.6 Å². The van der Waals surface area contributed by atoms with Crippen LogP contribution in [-0.2, 0) is 12.0 Å². The molecule has 0 saturated heterocycles. The lowest BCUT2D eigenvalue weighted by Crippen LogP contribution is -2.23. The first-order chi connectivity index (χ1) is 15.2. The van der Waals surface area contributed by atoms with Crippen LogP contribution in [0.25, 0.3) is 17.3 Å². The normalized spacial score (nSPS) is 11.5. The van der Waals surface area contributed by atoms with E-state index in [-0.39, 0.29) is 28.6 Å². The molecular weight excluding hydrogens is 435 g/mol. The molecule has 0 atom stereocenters. The molecule has 3 aromatic heterocycles. The van der Waals surface area contributed by atoms with Gasteiger partial charge < -0.3 is 9.84 Å². The van der Waals surface area contributed by atoms with Crippen LogP contribution < -0.4 is 5.32 Å². The molecule has 4 rings (SSSR count). The highest BCUT2D eigenvalue weighted by Gasteiger charge is 2.22. The molecule has 3 heterocycles. The summed E-state index contributed by atoms with van der Waals surface area (Å²) in [5.41, 5.74) is 1.35. The summed E-state index contributed by atoms with van der Waals surface area (Å²) < 4.78 is 20.3. The summed E-state index contributed by atoms with van der Waals surface area (Å²) >= 11 is 5.77. The van der Waals surface area contributed by atoms with E-state index in [1.54, 1.807) is 35.2 Å². The average Bonchev–Trinajstić information content (AvgIpc) is 3.44. The molecule has 32 heavy (non-hydrogen) atoms. The SMILES string of the molecule is CC(C)(C)c1noc(-c2ccnc(-n3cnc(C(=O)NCc4ccc(F)c(Cl)c4)c3)c2)n1. The van der Waals surface area contributed by atoms with Crippen LogP contribution in [-0.4, -0.2) is 30.6 Å². The Morgan fingerprint density at radius 2 is 2.03 bits per heavy atom. The lowest BCUT2D eigenvalue weighted by molar-refractivity contribution is 0.0946. The first-order valence-corrected chi connectivity index (χ1v) is 10.2. The van der Waals surface area contributed by atoms with E-state index in [2.05, 4.69) is 25.4 Å². The van der Waals surface area contributed by atoms with Crippen molar-refractivity contribution in [3.05, 3.63) is 77.0 Å². The van der Waals surface area contributed by atoms with Crippen molar-refractivity contribution in [2.45, 2.75) is 32.7 Å². The van der Waals surface area contributed by atoms with Crippen LogP contribution in [0.3, 0.4) is 0 Å². The third kappa shape index (κ3) is 4.67. The first kappa shape index (κ1) is 21.6. The number of carbonyl (C=O) groups excluding carboxylic acids is 1. The third-order valence-electron chi connectivity index (χ3n) is 4.61. The maximum atomic E-state index is 13.3. The number of hydrogen-bond acceptors (Lipinski definition) is 6. The van der Waals surface area contributed by atoms with Crippen LogP contribution in [0.5, 0.6) is 0 Å². The summed E-state index contributed by atoms with van der Waals surface area (Å²) in [5.74, 6) is 0.636. The van der Waals surface area contributed by atoms with Gasteiger partial charge >= 0.3 is 0 Å². The number of rotatable bonds is 5. The molecule has 0 spiro atoms. The molecule has 10 heteroatoms. The Labute approximate surface area is 188 Å². The van der Waals surface area contributed by atoms with Gasteiger partial charge in [0.25, 0.3) is 11.8 Å². The molecule has 0 saturated carbocycles. The zero-order chi connectivity index (χ0) is 22.9. The van der Waals surface area contributed by atoms with Gasteiger partial charge in [0, 0.05) is 29.9 Å². The number of aromatic nitrogens is 5. The number of pyridine rings is 1. The highest BCUT2D eigenvalue weighted by atomic mass is 35.5. The Morgan fingerprint density at radius 1 is 1.22 bits per heavy atom. The van der Waals surface area contributed by atoms with Gasteiger partial charge in [-0.25, -0.2) is 14.4 Å². The molecule has 1 aromatic carbocycles.